The average molecular weight is 300 g/mol. The minimum absolute atomic E-state index is 0.124. The van der Waals surface area contributed by atoms with Gasteiger partial charge in [0.15, 0.2) is 0 Å². The van der Waals surface area contributed by atoms with Crippen molar-refractivity contribution in [1.82, 2.24) is 5.32 Å². The Labute approximate surface area is 108 Å². The number of hydrogen-bond donors (Lipinski definition) is 2. The van der Waals surface area contributed by atoms with E-state index in [1.807, 2.05) is 19.1 Å². The summed E-state index contributed by atoms with van der Waals surface area (Å²) >= 11 is 3.38. The summed E-state index contributed by atoms with van der Waals surface area (Å²) in [5.74, 6) is -1.18. The summed E-state index contributed by atoms with van der Waals surface area (Å²) in [7, 11) is 0. The van der Waals surface area contributed by atoms with Crippen molar-refractivity contribution in [3.63, 3.8) is 0 Å². The van der Waals surface area contributed by atoms with Crippen molar-refractivity contribution in [3.8, 4) is 0 Å². The molecule has 0 aliphatic heterocycles. The summed E-state index contributed by atoms with van der Waals surface area (Å²) in [6.07, 6.45) is -0.124. The lowest BCUT2D eigenvalue weighted by Crippen LogP contribution is -2.28. The molecule has 5 heteroatoms. The molecule has 0 aromatic heterocycles. The molecule has 1 aromatic carbocycles. The largest absolute Gasteiger partial charge is 0.481 e. The molecule has 2 N–H and O–H groups in total. The van der Waals surface area contributed by atoms with Gasteiger partial charge in [0.25, 0.3) is 0 Å². The van der Waals surface area contributed by atoms with Gasteiger partial charge in [0, 0.05) is 11.4 Å². The lowest BCUT2D eigenvalue weighted by molar-refractivity contribution is -0.137. The summed E-state index contributed by atoms with van der Waals surface area (Å²) in [6, 6.07) is 5.03. The van der Waals surface area contributed by atoms with Gasteiger partial charge in [0.05, 0.1) is 12.5 Å². The molecule has 17 heavy (non-hydrogen) atoms. The van der Waals surface area contributed by atoms with Crippen molar-refractivity contribution in [3.05, 3.63) is 33.8 Å². The number of halogens is 1. The van der Waals surface area contributed by atoms with Crippen molar-refractivity contribution in [1.29, 1.82) is 0 Å². The Morgan fingerprint density at radius 1 is 1.47 bits per heavy atom. The van der Waals surface area contributed by atoms with Gasteiger partial charge in [-0.05, 0) is 24.1 Å². The smallest absolute Gasteiger partial charge is 0.305 e. The van der Waals surface area contributed by atoms with Crippen LogP contribution < -0.4 is 5.32 Å². The Balaban J connectivity index is 2.98. The Bertz CT molecular complexity index is 429. The third-order valence-corrected chi connectivity index (χ3v) is 3.23. The van der Waals surface area contributed by atoms with Crippen LogP contribution in [-0.4, -0.2) is 17.0 Å². The number of nitrogens with one attached hydrogen (secondary N) is 1. The maximum atomic E-state index is 11.0. The highest BCUT2D eigenvalue weighted by atomic mass is 79.9. The van der Waals surface area contributed by atoms with Crippen LogP contribution in [0.3, 0.4) is 0 Å². The molecule has 4 nitrogen and oxygen atoms in total. The third-order valence-electron chi connectivity index (χ3n) is 2.34. The molecule has 92 valence electrons. The average Bonchev–Trinajstić information content (AvgIpc) is 2.19. The van der Waals surface area contributed by atoms with Crippen LogP contribution in [0.25, 0.3) is 0 Å². The van der Waals surface area contributed by atoms with E-state index in [1.165, 1.54) is 6.92 Å². The second-order valence-electron chi connectivity index (χ2n) is 3.86. The van der Waals surface area contributed by atoms with Gasteiger partial charge >= 0.3 is 5.97 Å². The number of amides is 1. The van der Waals surface area contributed by atoms with Gasteiger partial charge in [-0.2, -0.15) is 0 Å². The fourth-order valence-electron chi connectivity index (χ4n) is 1.56. The number of carboxylic acids is 1. The highest BCUT2D eigenvalue weighted by Crippen LogP contribution is 2.23. The molecular formula is C12H14BrNO3. The van der Waals surface area contributed by atoms with Crippen LogP contribution in [0.15, 0.2) is 22.7 Å². The molecule has 1 amide bonds. The zero-order chi connectivity index (χ0) is 13.0. The summed E-state index contributed by atoms with van der Waals surface area (Å²) < 4.78 is 0.957. The van der Waals surface area contributed by atoms with Crippen LogP contribution in [0, 0.1) is 6.92 Å². The van der Waals surface area contributed by atoms with Crippen LogP contribution >= 0.6 is 15.9 Å². The highest BCUT2D eigenvalue weighted by molar-refractivity contribution is 9.10. The lowest BCUT2D eigenvalue weighted by atomic mass is 10.0. The van der Waals surface area contributed by atoms with Crippen LogP contribution in [-0.2, 0) is 9.59 Å². The van der Waals surface area contributed by atoms with Crippen molar-refractivity contribution in [2.24, 2.45) is 0 Å². The number of aliphatic carboxylic acids is 1. The van der Waals surface area contributed by atoms with E-state index in [2.05, 4.69) is 21.2 Å². The zero-order valence-corrected chi connectivity index (χ0v) is 11.2. The first-order valence-corrected chi connectivity index (χ1v) is 5.94. The molecule has 0 saturated heterocycles. The molecule has 1 aromatic rings. The van der Waals surface area contributed by atoms with Crippen molar-refractivity contribution >= 4 is 27.8 Å². The van der Waals surface area contributed by atoms with E-state index in [-0.39, 0.29) is 12.3 Å². The van der Waals surface area contributed by atoms with E-state index < -0.39 is 12.0 Å². The number of hydrogen-bond acceptors (Lipinski definition) is 2. The molecule has 0 bridgehead atoms. The molecule has 0 saturated carbocycles. The molecule has 0 fully saturated rings. The fourth-order valence-corrected chi connectivity index (χ4v) is 1.80. The van der Waals surface area contributed by atoms with E-state index >= 15 is 0 Å². The van der Waals surface area contributed by atoms with Crippen LogP contribution in [0.5, 0.6) is 0 Å². The SMILES string of the molecule is CC(=O)N[C@@H](CC(=O)O)c1ccc(Br)c(C)c1. The number of carbonyl (C=O) groups is 2. The van der Waals surface area contributed by atoms with Crippen LogP contribution in [0.4, 0.5) is 0 Å². The maximum Gasteiger partial charge on any atom is 0.305 e. The molecule has 1 rings (SSSR count). The summed E-state index contributed by atoms with van der Waals surface area (Å²) in [5, 5.41) is 11.5. The monoisotopic (exact) mass is 299 g/mol. The molecule has 0 aliphatic carbocycles. The lowest BCUT2D eigenvalue weighted by Gasteiger charge is -2.17. The number of rotatable bonds is 4. The van der Waals surface area contributed by atoms with Crippen LogP contribution in [0.1, 0.15) is 30.5 Å². The minimum Gasteiger partial charge on any atom is -0.481 e. The number of aryl methyl sites for hydroxylation is 1. The van der Waals surface area contributed by atoms with E-state index in [0.717, 1.165) is 15.6 Å². The first-order chi connectivity index (χ1) is 7.90. The van der Waals surface area contributed by atoms with Crippen molar-refractivity contribution < 1.29 is 14.7 Å². The topological polar surface area (TPSA) is 66.4 Å². The normalized spacial score (nSPS) is 11.9. The first-order valence-electron chi connectivity index (χ1n) is 5.15. The Hall–Kier alpha value is -1.36. The number of benzene rings is 1. The number of carboxylic acid groups (broad SMARTS) is 1. The molecule has 0 heterocycles. The standard InChI is InChI=1S/C12H14BrNO3/c1-7-5-9(3-4-10(7)13)11(6-12(16)17)14-8(2)15/h3-5,11H,6H2,1-2H3,(H,14,15)(H,16,17)/t11-/m0/s1. The third kappa shape index (κ3) is 4.19. The first kappa shape index (κ1) is 13.7. The Kier molecular flexibility index (Phi) is 4.69. The predicted molar refractivity (Wildman–Crippen MR) is 67.7 cm³/mol. The van der Waals surface area contributed by atoms with Gasteiger partial charge in [-0.1, -0.05) is 28.1 Å². The Morgan fingerprint density at radius 3 is 2.59 bits per heavy atom. The Morgan fingerprint density at radius 2 is 2.12 bits per heavy atom. The molecule has 1 atom stereocenters. The van der Waals surface area contributed by atoms with Crippen molar-refractivity contribution in [2.75, 3.05) is 0 Å². The van der Waals surface area contributed by atoms with Gasteiger partial charge < -0.3 is 10.4 Å². The summed E-state index contributed by atoms with van der Waals surface area (Å²) in [5.41, 5.74) is 1.80. The number of carbonyl (C=O) groups excluding carboxylic acids is 1. The molecule has 0 spiro atoms. The summed E-state index contributed by atoms with van der Waals surface area (Å²) in [4.78, 5) is 21.8. The predicted octanol–water partition coefficient (Wildman–Crippen LogP) is 2.41. The van der Waals surface area contributed by atoms with E-state index in [4.69, 9.17) is 5.11 Å². The van der Waals surface area contributed by atoms with Gasteiger partial charge in [-0.3, -0.25) is 9.59 Å². The maximum absolute atomic E-state index is 11.0. The summed E-state index contributed by atoms with van der Waals surface area (Å²) in [6.45, 7) is 3.29. The van der Waals surface area contributed by atoms with Gasteiger partial charge in [-0.25, -0.2) is 0 Å². The van der Waals surface area contributed by atoms with E-state index in [0.29, 0.717) is 0 Å². The molecule has 0 radical (unpaired) electrons. The molecular weight excluding hydrogens is 286 g/mol. The fraction of sp³-hybridized carbons (Fsp3) is 0.333. The van der Waals surface area contributed by atoms with Gasteiger partial charge in [0.2, 0.25) is 5.91 Å². The van der Waals surface area contributed by atoms with E-state index in [1.54, 1.807) is 6.07 Å². The molecule has 0 unspecified atom stereocenters. The quantitative estimate of drug-likeness (QED) is 0.897. The van der Waals surface area contributed by atoms with Gasteiger partial charge in [-0.15, -0.1) is 0 Å². The van der Waals surface area contributed by atoms with Gasteiger partial charge in [0.1, 0.15) is 0 Å². The highest BCUT2D eigenvalue weighted by Gasteiger charge is 2.16. The van der Waals surface area contributed by atoms with Crippen LogP contribution in [0.2, 0.25) is 0 Å². The zero-order valence-electron chi connectivity index (χ0n) is 9.66. The van der Waals surface area contributed by atoms with Crippen molar-refractivity contribution in [2.45, 2.75) is 26.3 Å². The second kappa shape index (κ2) is 5.82. The van der Waals surface area contributed by atoms with E-state index in [9.17, 15) is 9.59 Å². The minimum atomic E-state index is -0.940. The second-order valence-corrected chi connectivity index (χ2v) is 4.71. The molecule has 0 aliphatic rings.